The van der Waals surface area contributed by atoms with Gasteiger partial charge in [0.15, 0.2) is 5.78 Å². The summed E-state index contributed by atoms with van der Waals surface area (Å²) in [5.74, 6) is -0.366. The van der Waals surface area contributed by atoms with Gasteiger partial charge in [0.25, 0.3) is 5.69 Å². The second kappa shape index (κ2) is 6.52. The Kier molecular flexibility index (Phi) is 4.73. The third-order valence-electron chi connectivity index (χ3n) is 2.75. The average Bonchev–Trinajstić information content (AvgIpc) is 2.46. The molecule has 21 heavy (non-hydrogen) atoms. The SMILES string of the molecule is O=C(/C=C/c1ccccc1Cl)c1ccc(Cl)c([N+](=O)[O-])c1. The van der Waals surface area contributed by atoms with Crippen molar-refractivity contribution >= 4 is 40.7 Å². The molecule has 0 N–H and O–H groups in total. The highest BCUT2D eigenvalue weighted by Crippen LogP contribution is 2.25. The van der Waals surface area contributed by atoms with Gasteiger partial charge in [0.05, 0.1) is 4.92 Å². The summed E-state index contributed by atoms with van der Waals surface area (Å²) in [4.78, 5) is 22.2. The number of allylic oxidation sites excluding steroid dienone is 1. The van der Waals surface area contributed by atoms with Crippen molar-refractivity contribution in [3.05, 3.63) is 79.8 Å². The Balaban J connectivity index is 2.27. The number of hydrogen-bond acceptors (Lipinski definition) is 3. The lowest BCUT2D eigenvalue weighted by Crippen LogP contribution is -1.97. The molecule has 0 amide bonds. The molecule has 0 fully saturated rings. The summed E-state index contributed by atoms with van der Waals surface area (Å²) in [6.45, 7) is 0. The van der Waals surface area contributed by atoms with E-state index in [9.17, 15) is 14.9 Å². The minimum atomic E-state index is -0.628. The largest absolute Gasteiger partial charge is 0.289 e. The molecular formula is C15H9Cl2NO3. The van der Waals surface area contributed by atoms with E-state index in [0.717, 1.165) is 6.07 Å². The first kappa shape index (κ1) is 15.2. The number of ketones is 1. The van der Waals surface area contributed by atoms with E-state index in [-0.39, 0.29) is 22.1 Å². The van der Waals surface area contributed by atoms with Crippen molar-refractivity contribution in [1.29, 1.82) is 0 Å². The quantitative estimate of drug-likeness (QED) is 0.352. The van der Waals surface area contributed by atoms with Gasteiger partial charge >= 0.3 is 0 Å². The molecule has 0 bridgehead atoms. The van der Waals surface area contributed by atoms with Crippen molar-refractivity contribution in [1.82, 2.24) is 0 Å². The fourth-order valence-corrected chi connectivity index (χ4v) is 2.06. The smallest absolute Gasteiger partial charge is 0.288 e. The van der Waals surface area contributed by atoms with Crippen LogP contribution in [0.15, 0.2) is 48.5 Å². The zero-order chi connectivity index (χ0) is 15.4. The average molecular weight is 322 g/mol. The molecule has 0 unspecified atom stereocenters. The highest BCUT2D eigenvalue weighted by Gasteiger charge is 2.15. The van der Waals surface area contributed by atoms with Crippen LogP contribution in [0.2, 0.25) is 10.0 Å². The van der Waals surface area contributed by atoms with Gasteiger partial charge in [-0.25, -0.2) is 0 Å². The molecule has 4 nitrogen and oxygen atoms in total. The molecule has 0 saturated carbocycles. The van der Waals surface area contributed by atoms with Crippen LogP contribution in [-0.2, 0) is 0 Å². The number of nitrogens with zero attached hydrogens (tertiary/aromatic N) is 1. The number of nitro groups is 1. The van der Waals surface area contributed by atoms with E-state index in [1.54, 1.807) is 30.3 Å². The van der Waals surface area contributed by atoms with Crippen LogP contribution in [0.3, 0.4) is 0 Å². The predicted octanol–water partition coefficient (Wildman–Crippen LogP) is 4.80. The molecule has 0 spiro atoms. The third-order valence-corrected chi connectivity index (χ3v) is 3.41. The van der Waals surface area contributed by atoms with Crippen LogP contribution in [0.1, 0.15) is 15.9 Å². The van der Waals surface area contributed by atoms with Gasteiger partial charge in [-0.3, -0.25) is 14.9 Å². The van der Waals surface area contributed by atoms with Crippen molar-refractivity contribution in [3.8, 4) is 0 Å². The van der Waals surface area contributed by atoms with Crippen molar-refractivity contribution in [3.63, 3.8) is 0 Å². The Hall–Kier alpha value is -2.17. The zero-order valence-corrected chi connectivity index (χ0v) is 12.1. The van der Waals surface area contributed by atoms with Gasteiger partial charge < -0.3 is 0 Å². The maximum Gasteiger partial charge on any atom is 0.288 e. The van der Waals surface area contributed by atoms with Gasteiger partial charge in [0.1, 0.15) is 5.02 Å². The van der Waals surface area contributed by atoms with Crippen LogP contribution < -0.4 is 0 Å². The molecule has 0 saturated heterocycles. The van der Waals surface area contributed by atoms with E-state index >= 15 is 0 Å². The molecule has 0 radical (unpaired) electrons. The Morgan fingerprint density at radius 2 is 1.81 bits per heavy atom. The Morgan fingerprint density at radius 3 is 2.48 bits per heavy atom. The Labute approximate surface area is 130 Å². The molecule has 106 valence electrons. The van der Waals surface area contributed by atoms with Crippen molar-refractivity contribution in [2.75, 3.05) is 0 Å². The van der Waals surface area contributed by atoms with Crippen LogP contribution >= 0.6 is 23.2 Å². The highest BCUT2D eigenvalue weighted by molar-refractivity contribution is 6.33. The topological polar surface area (TPSA) is 60.2 Å². The summed E-state index contributed by atoms with van der Waals surface area (Å²) < 4.78 is 0. The van der Waals surface area contributed by atoms with Crippen LogP contribution in [-0.4, -0.2) is 10.7 Å². The number of carbonyl (C=O) groups excluding carboxylic acids is 1. The molecule has 6 heteroatoms. The van der Waals surface area contributed by atoms with E-state index in [2.05, 4.69) is 0 Å². The number of halogens is 2. The van der Waals surface area contributed by atoms with E-state index < -0.39 is 4.92 Å². The number of hydrogen-bond donors (Lipinski definition) is 0. The Morgan fingerprint density at radius 1 is 1.10 bits per heavy atom. The van der Waals surface area contributed by atoms with Gasteiger partial charge in [-0.15, -0.1) is 0 Å². The fraction of sp³-hybridized carbons (Fsp3) is 0. The normalized spacial score (nSPS) is 10.8. The standard InChI is InChI=1S/C15H9Cl2NO3/c16-12-4-2-1-3-10(12)6-8-15(19)11-5-7-13(17)14(9-11)18(20)21/h1-9H/b8-6+. The molecule has 2 aromatic rings. The first-order valence-electron chi connectivity index (χ1n) is 5.90. The summed E-state index contributed by atoms with van der Waals surface area (Å²) in [5.41, 5.74) is 0.582. The van der Waals surface area contributed by atoms with E-state index in [4.69, 9.17) is 23.2 Å². The minimum Gasteiger partial charge on any atom is -0.289 e. The number of rotatable bonds is 4. The molecule has 2 rings (SSSR count). The molecule has 0 heterocycles. The highest BCUT2D eigenvalue weighted by atomic mass is 35.5. The van der Waals surface area contributed by atoms with E-state index in [1.165, 1.54) is 18.2 Å². The third kappa shape index (κ3) is 3.68. The molecule has 0 aliphatic rings. The number of carbonyl (C=O) groups is 1. The van der Waals surface area contributed by atoms with Gasteiger partial charge in [0.2, 0.25) is 0 Å². The van der Waals surface area contributed by atoms with Crippen molar-refractivity contribution < 1.29 is 9.72 Å². The molecule has 0 aliphatic heterocycles. The maximum absolute atomic E-state index is 12.0. The summed E-state index contributed by atoms with van der Waals surface area (Å²) in [6.07, 6.45) is 2.87. The monoisotopic (exact) mass is 321 g/mol. The predicted molar refractivity (Wildman–Crippen MR) is 82.9 cm³/mol. The first-order valence-corrected chi connectivity index (χ1v) is 6.65. The van der Waals surface area contributed by atoms with Crippen LogP contribution in [0.4, 0.5) is 5.69 Å². The first-order chi connectivity index (χ1) is 9.99. The lowest BCUT2D eigenvalue weighted by molar-refractivity contribution is -0.384. The van der Waals surface area contributed by atoms with Crippen LogP contribution in [0.25, 0.3) is 6.08 Å². The molecular weight excluding hydrogens is 313 g/mol. The van der Waals surface area contributed by atoms with Crippen molar-refractivity contribution in [2.24, 2.45) is 0 Å². The number of benzene rings is 2. The maximum atomic E-state index is 12.0. The van der Waals surface area contributed by atoms with Crippen LogP contribution in [0, 0.1) is 10.1 Å². The summed E-state index contributed by atoms with van der Waals surface area (Å²) in [6, 6.07) is 11.0. The fourth-order valence-electron chi connectivity index (χ4n) is 1.68. The van der Waals surface area contributed by atoms with Gasteiger partial charge in [-0.2, -0.15) is 0 Å². The van der Waals surface area contributed by atoms with Crippen molar-refractivity contribution in [2.45, 2.75) is 0 Å². The second-order valence-electron chi connectivity index (χ2n) is 4.14. The lowest BCUT2D eigenvalue weighted by Gasteiger charge is -1.99. The van der Waals surface area contributed by atoms with Crippen LogP contribution in [0.5, 0.6) is 0 Å². The zero-order valence-electron chi connectivity index (χ0n) is 10.6. The second-order valence-corrected chi connectivity index (χ2v) is 4.96. The molecule has 0 aromatic heterocycles. The molecule has 2 aromatic carbocycles. The summed E-state index contributed by atoms with van der Waals surface area (Å²) >= 11 is 11.7. The number of nitro benzene ring substituents is 1. The van der Waals surface area contributed by atoms with Gasteiger partial charge in [0, 0.05) is 16.7 Å². The Bertz CT molecular complexity index is 741. The van der Waals surface area contributed by atoms with Gasteiger partial charge in [-0.05, 0) is 35.9 Å². The molecule has 0 atom stereocenters. The summed E-state index contributed by atoms with van der Waals surface area (Å²) in [7, 11) is 0. The molecule has 0 aliphatic carbocycles. The van der Waals surface area contributed by atoms with E-state index in [0.29, 0.717) is 10.6 Å². The lowest BCUT2D eigenvalue weighted by atomic mass is 10.1. The minimum absolute atomic E-state index is 0.00775. The summed E-state index contributed by atoms with van der Waals surface area (Å²) in [5, 5.41) is 11.3. The van der Waals surface area contributed by atoms with Gasteiger partial charge in [-0.1, -0.05) is 41.4 Å². The van der Waals surface area contributed by atoms with E-state index in [1.807, 2.05) is 0 Å².